The van der Waals surface area contributed by atoms with E-state index in [4.69, 9.17) is 5.26 Å². The van der Waals surface area contributed by atoms with Crippen molar-refractivity contribution in [3.05, 3.63) is 23.6 Å². The lowest BCUT2D eigenvalue weighted by molar-refractivity contribution is 0.756. The molecule has 66 valence electrons. The minimum absolute atomic E-state index is 0.670. The predicted molar refractivity (Wildman–Crippen MR) is 55.9 cm³/mol. The Morgan fingerprint density at radius 1 is 1.58 bits per heavy atom. The SMILES string of the molecule is C=C/C(=C\SC)CCCCC#N. The predicted octanol–water partition coefficient (Wildman–Crippen LogP) is 3.50. The van der Waals surface area contributed by atoms with Gasteiger partial charge in [-0.2, -0.15) is 5.26 Å². The highest BCUT2D eigenvalue weighted by Crippen LogP contribution is 2.12. The number of nitriles is 1. The van der Waals surface area contributed by atoms with Crippen molar-refractivity contribution in [1.82, 2.24) is 0 Å². The molecule has 0 heterocycles. The molecule has 0 aromatic heterocycles. The fourth-order valence-corrected chi connectivity index (χ4v) is 1.41. The third-order valence-electron chi connectivity index (χ3n) is 1.54. The third-order valence-corrected chi connectivity index (χ3v) is 2.07. The van der Waals surface area contributed by atoms with Crippen molar-refractivity contribution in [1.29, 1.82) is 5.26 Å². The van der Waals surface area contributed by atoms with Gasteiger partial charge in [0.15, 0.2) is 0 Å². The summed E-state index contributed by atoms with van der Waals surface area (Å²) < 4.78 is 0. The first-order valence-corrected chi connectivity index (χ1v) is 5.35. The van der Waals surface area contributed by atoms with Crippen LogP contribution in [0.5, 0.6) is 0 Å². The molecule has 0 radical (unpaired) electrons. The van der Waals surface area contributed by atoms with E-state index in [0.29, 0.717) is 6.42 Å². The van der Waals surface area contributed by atoms with Gasteiger partial charge in [0, 0.05) is 6.42 Å². The molecule has 0 rings (SSSR count). The lowest BCUT2D eigenvalue weighted by Crippen LogP contribution is -1.79. The summed E-state index contributed by atoms with van der Waals surface area (Å²) in [7, 11) is 0. The number of hydrogen-bond donors (Lipinski definition) is 0. The summed E-state index contributed by atoms with van der Waals surface area (Å²) in [6, 6.07) is 2.14. The molecule has 0 aliphatic rings. The van der Waals surface area contributed by atoms with Crippen LogP contribution in [0.2, 0.25) is 0 Å². The van der Waals surface area contributed by atoms with Crippen LogP contribution in [0.15, 0.2) is 23.6 Å². The number of nitrogens with zero attached hydrogens (tertiary/aromatic N) is 1. The Hall–Kier alpha value is -0.680. The molecule has 2 heteroatoms. The van der Waals surface area contributed by atoms with E-state index in [-0.39, 0.29) is 0 Å². The highest BCUT2D eigenvalue weighted by Gasteiger charge is 1.91. The Morgan fingerprint density at radius 2 is 2.33 bits per heavy atom. The zero-order valence-electron chi connectivity index (χ0n) is 7.55. The van der Waals surface area contributed by atoms with Gasteiger partial charge in [0.05, 0.1) is 6.07 Å². The van der Waals surface area contributed by atoms with Gasteiger partial charge >= 0.3 is 0 Å². The summed E-state index contributed by atoms with van der Waals surface area (Å²) in [5.41, 5.74) is 1.28. The Morgan fingerprint density at radius 3 is 2.83 bits per heavy atom. The van der Waals surface area contributed by atoms with Crippen LogP contribution in [0.4, 0.5) is 0 Å². The zero-order valence-corrected chi connectivity index (χ0v) is 8.36. The van der Waals surface area contributed by atoms with E-state index >= 15 is 0 Å². The van der Waals surface area contributed by atoms with Gasteiger partial charge in [-0.15, -0.1) is 11.8 Å². The van der Waals surface area contributed by atoms with Crippen LogP contribution in [0, 0.1) is 11.3 Å². The van der Waals surface area contributed by atoms with Gasteiger partial charge in [-0.1, -0.05) is 12.7 Å². The summed E-state index contributed by atoms with van der Waals surface area (Å²) in [5, 5.41) is 10.4. The fourth-order valence-electron chi connectivity index (χ4n) is 0.894. The molecule has 0 fully saturated rings. The van der Waals surface area contributed by atoms with Crippen molar-refractivity contribution in [3.63, 3.8) is 0 Å². The normalized spacial score (nSPS) is 10.8. The zero-order chi connectivity index (χ0) is 9.23. The standard InChI is InChI=1S/C10H15NS/c1-3-10(9-12-2)7-5-4-6-8-11/h3,9H,1,4-7H2,2H3/b10-9+. The van der Waals surface area contributed by atoms with E-state index in [0.717, 1.165) is 19.3 Å². The minimum Gasteiger partial charge on any atom is -0.198 e. The van der Waals surface area contributed by atoms with E-state index in [9.17, 15) is 0 Å². The Balaban J connectivity index is 3.53. The van der Waals surface area contributed by atoms with Crippen molar-refractivity contribution in [3.8, 4) is 6.07 Å². The fraction of sp³-hybridized carbons (Fsp3) is 0.500. The largest absolute Gasteiger partial charge is 0.198 e. The van der Waals surface area contributed by atoms with E-state index in [2.05, 4.69) is 18.1 Å². The van der Waals surface area contributed by atoms with Crippen LogP contribution >= 0.6 is 11.8 Å². The van der Waals surface area contributed by atoms with Crippen LogP contribution in [-0.4, -0.2) is 6.26 Å². The number of rotatable bonds is 6. The molecular weight excluding hydrogens is 166 g/mol. The third kappa shape index (κ3) is 6.06. The average Bonchev–Trinajstić information content (AvgIpc) is 2.10. The van der Waals surface area contributed by atoms with Gasteiger partial charge in [0.25, 0.3) is 0 Å². The van der Waals surface area contributed by atoms with Crippen LogP contribution in [0.25, 0.3) is 0 Å². The minimum atomic E-state index is 0.670. The van der Waals surface area contributed by atoms with Crippen molar-refractivity contribution in [2.24, 2.45) is 0 Å². The molecule has 0 aliphatic carbocycles. The first kappa shape index (κ1) is 11.3. The summed E-state index contributed by atoms with van der Waals surface area (Å²) in [6.07, 6.45) is 7.74. The number of unbranched alkanes of at least 4 members (excludes halogenated alkanes) is 2. The van der Waals surface area contributed by atoms with Crippen molar-refractivity contribution in [2.75, 3.05) is 6.26 Å². The van der Waals surface area contributed by atoms with Crippen LogP contribution in [0.3, 0.4) is 0 Å². The van der Waals surface area contributed by atoms with Gasteiger partial charge in [-0.05, 0) is 36.5 Å². The van der Waals surface area contributed by atoms with Crippen molar-refractivity contribution in [2.45, 2.75) is 25.7 Å². The van der Waals surface area contributed by atoms with E-state index in [1.165, 1.54) is 5.57 Å². The van der Waals surface area contributed by atoms with Crippen molar-refractivity contribution >= 4 is 11.8 Å². The monoisotopic (exact) mass is 181 g/mol. The molecule has 0 saturated heterocycles. The molecule has 0 N–H and O–H groups in total. The molecule has 0 aromatic rings. The van der Waals surface area contributed by atoms with Crippen LogP contribution < -0.4 is 0 Å². The summed E-state index contributed by atoms with van der Waals surface area (Å²) >= 11 is 1.70. The molecule has 0 bridgehead atoms. The number of allylic oxidation sites excluding steroid dienone is 2. The molecule has 0 aromatic carbocycles. The molecule has 0 spiro atoms. The number of thioether (sulfide) groups is 1. The highest BCUT2D eigenvalue weighted by molar-refractivity contribution is 8.01. The Bertz CT molecular complexity index is 189. The quantitative estimate of drug-likeness (QED) is 0.462. The Labute approximate surface area is 79.2 Å². The summed E-state index contributed by atoms with van der Waals surface area (Å²) in [6.45, 7) is 3.73. The molecule has 1 nitrogen and oxygen atoms in total. The second-order valence-corrected chi connectivity index (χ2v) is 3.20. The van der Waals surface area contributed by atoms with Gasteiger partial charge in [-0.25, -0.2) is 0 Å². The van der Waals surface area contributed by atoms with Crippen LogP contribution in [0.1, 0.15) is 25.7 Å². The second kappa shape index (κ2) is 8.42. The van der Waals surface area contributed by atoms with Crippen LogP contribution in [-0.2, 0) is 0 Å². The highest BCUT2D eigenvalue weighted by atomic mass is 32.2. The molecular formula is C10H15NS. The average molecular weight is 181 g/mol. The Kier molecular flexibility index (Phi) is 7.94. The molecule has 0 saturated carbocycles. The first-order valence-electron chi connectivity index (χ1n) is 4.06. The number of hydrogen-bond acceptors (Lipinski definition) is 2. The van der Waals surface area contributed by atoms with Gasteiger partial charge in [0.1, 0.15) is 0 Å². The van der Waals surface area contributed by atoms with Crippen molar-refractivity contribution < 1.29 is 0 Å². The second-order valence-electron chi connectivity index (χ2n) is 2.50. The maximum Gasteiger partial charge on any atom is 0.0621 e. The lowest BCUT2D eigenvalue weighted by atomic mass is 10.1. The smallest absolute Gasteiger partial charge is 0.0621 e. The summed E-state index contributed by atoms with van der Waals surface area (Å²) in [5.74, 6) is 0. The molecule has 12 heavy (non-hydrogen) atoms. The molecule has 0 unspecified atom stereocenters. The first-order chi connectivity index (χ1) is 5.85. The molecule has 0 atom stereocenters. The maximum atomic E-state index is 8.30. The van der Waals surface area contributed by atoms with E-state index in [1.807, 2.05) is 12.3 Å². The summed E-state index contributed by atoms with van der Waals surface area (Å²) in [4.78, 5) is 0. The van der Waals surface area contributed by atoms with Gasteiger partial charge < -0.3 is 0 Å². The maximum absolute atomic E-state index is 8.30. The van der Waals surface area contributed by atoms with E-state index in [1.54, 1.807) is 11.8 Å². The van der Waals surface area contributed by atoms with E-state index < -0.39 is 0 Å². The van der Waals surface area contributed by atoms with Gasteiger partial charge in [-0.3, -0.25) is 0 Å². The lowest BCUT2D eigenvalue weighted by Gasteiger charge is -1.98. The van der Waals surface area contributed by atoms with Gasteiger partial charge in [0.2, 0.25) is 0 Å². The molecule has 0 aliphatic heterocycles. The molecule has 0 amide bonds. The topological polar surface area (TPSA) is 23.8 Å².